The van der Waals surface area contributed by atoms with Crippen LogP contribution < -0.4 is 11.1 Å². The molecule has 104 valence electrons. The second-order valence-electron chi connectivity index (χ2n) is 4.85. The van der Waals surface area contributed by atoms with Crippen LogP contribution in [0.3, 0.4) is 0 Å². The molecule has 1 aliphatic rings. The van der Waals surface area contributed by atoms with E-state index in [-0.39, 0.29) is 5.91 Å². The maximum Gasteiger partial charge on any atom is 0.234 e. The summed E-state index contributed by atoms with van der Waals surface area (Å²) in [5.41, 5.74) is 6.43. The highest BCUT2D eigenvalue weighted by Crippen LogP contribution is 2.28. The van der Waals surface area contributed by atoms with Gasteiger partial charge in [-0.2, -0.15) is 0 Å². The number of amides is 1. The number of hydrogen-bond donors (Lipinski definition) is 2. The van der Waals surface area contributed by atoms with E-state index in [9.17, 15) is 9.18 Å². The van der Waals surface area contributed by atoms with Crippen molar-refractivity contribution in [3.05, 3.63) is 24.0 Å². The Kier molecular flexibility index (Phi) is 5.07. The molecule has 0 unspecified atom stereocenters. The first-order valence-electron chi connectivity index (χ1n) is 6.61. The first kappa shape index (κ1) is 14.2. The van der Waals surface area contributed by atoms with Crippen molar-refractivity contribution in [3.8, 4) is 0 Å². The normalized spacial score (nSPS) is 16.3. The van der Waals surface area contributed by atoms with Crippen LogP contribution in [0.15, 0.2) is 18.2 Å². The van der Waals surface area contributed by atoms with E-state index in [0.29, 0.717) is 22.4 Å². The number of benzene rings is 1. The lowest BCUT2D eigenvalue weighted by Gasteiger charge is -2.20. The molecule has 0 saturated heterocycles. The fourth-order valence-electron chi connectivity index (χ4n) is 2.25. The highest BCUT2D eigenvalue weighted by molar-refractivity contribution is 8.00. The fraction of sp³-hybridized carbons (Fsp3) is 0.500. The summed E-state index contributed by atoms with van der Waals surface area (Å²) < 4.78 is 13.1. The molecule has 0 spiro atoms. The third kappa shape index (κ3) is 4.42. The molecule has 1 aliphatic carbocycles. The number of thioether (sulfide) groups is 1. The van der Waals surface area contributed by atoms with Gasteiger partial charge in [0.1, 0.15) is 5.82 Å². The van der Waals surface area contributed by atoms with Crippen LogP contribution in [0.1, 0.15) is 32.1 Å². The van der Waals surface area contributed by atoms with Crippen molar-refractivity contribution in [2.45, 2.75) is 37.4 Å². The second kappa shape index (κ2) is 6.80. The van der Waals surface area contributed by atoms with Gasteiger partial charge in [0.25, 0.3) is 0 Å². The minimum atomic E-state index is -0.399. The molecule has 2 rings (SSSR count). The van der Waals surface area contributed by atoms with Gasteiger partial charge in [-0.3, -0.25) is 4.79 Å². The van der Waals surface area contributed by atoms with Gasteiger partial charge in [0.15, 0.2) is 0 Å². The smallest absolute Gasteiger partial charge is 0.234 e. The summed E-state index contributed by atoms with van der Waals surface area (Å²) in [6.07, 6.45) is 6.22. The van der Waals surface area contributed by atoms with Crippen LogP contribution in [0, 0.1) is 5.82 Å². The SMILES string of the molecule is Nc1ccc(F)cc1NC(=O)CSC1CCCCC1. The summed E-state index contributed by atoms with van der Waals surface area (Å²) in [7, 11) is 0. The molecule has 19 heavy (non-hydrogen) atoms. The Morgan fingerprint density at radius 3 is 2.84 bits per heavy atom. The molecular formula is C14H19FN2OS. The monoisotopic (exact) mass is 282 g/mol. The molecule has 1 aromatic carbocycles. The van der Waals surface area contributed by atoms with Crippen molar-refractivity contribution in [1.82, 2.24) is 0 Å². The van der Waals surface area contributed by atoms with E-state index in [2.05, 4.69) is 5.32 Å². The van der Waals surface area contributed by atoms with Gasteiger partial charge < -0.3 is 11.1 Å². The van der Waals surface area contributed by atoms with Gasteiger partial charge in [-0.05, 0) is 31.0 Å². The van der Waals surface area contributed by atoms with Gasteiger partial charge >= 0.3 is 0 Å². The highest BCUT2D eigenvalue weighted by Gasteiger charge is 2.15. The average molecular weight is 282 g/mol. The van der Waals surface area contributed by atoms with Crippen molar-refractivity contribution in [2.75, 3.05) is 16.8 Å². The minimum absolute atomic E-state index is 0.118. The second-order valence-corrected chi connectivity index (χ2v) is 6.14. The number of hydrogen-bond acceptors (Lipinski definition) is 3. The molecule has 1 saturated carbocycles. The number of rotatable bonds is 4. The Morgan fingerprint density at radius 2 is 2.11 bits per heavy atom. The first-order chi connectivity index (χ1) is 9.15. The topological polar surface area (TPSA) is 55.1 Å². The maximum atomic E-state index is 13.1. The van der Waals surface area contributed by atoms with E-state index in [0.717, 1.165) is 0 Å². The molecule has 0 radical (unpaired) electrons. The largest absolute Gasteiger partial charge is 0.397 e. The molecule has 0 bridgehead atoms. The molecule has 3 nitrogen and oxygen atoms in total. The number of halogens is 1. The Balaban J connectivity index is 1.81. The molecule has 1 amide bonds. The third-order valence-electron chi connectivity index (χ3n) is 3.29. The summed E-state index contributed by atoms with van der Waals surface area (Å²) in [6, 6.07) is 3.99. The van der Waals surface area contributed by atoms with Crippen molar-refractivity contribution < 1.29 is 9.18 Å². The van der Waals surface area contributed by atoms with Crippen LogP contribution in [0.25, 0.3) is 0 Å². The van der Waals surface area contributed by atoms with Crippen LogP contribution in [-0.2, 0) is 4.79 Å². The summed E-state index contributed by atoms with van der Waals surface area (Å²) in [5.74, 6) is -0.113. The fourth-order valence-corrected chi connectivity index (χ4v) is 3.37. The van der Waals surface area contributed by atoms with Crippen LogP contribution in [0.2, 0.25) is 0 Å². The van der Waals surface area contributed by atoms with Gasteiger partial charge in [0.2, 0.25) is 5.91 Å². The molecule has 0 aliphatic heterocycles. The minimum Gasteiger partial charge on any atom is -0.397 e. The van der Waals surface area contributed by atoms with Crippen molar-refractivity contribution in [3.63, 3.8) is 0 Å². The summed E-state index contributed by atoms with van der Waals surface area (Å²) >= 11 is 1.69. The van der Waals surface area contributed by atoms with E-state index >= 15 is 0 Å². The number of carbonyl (C=O) groups excluding carboxylic acids is 1. The lowest BCUT2D eigenvalue weighted by Crippen LogP contribution is -2.18. The van der Waals surface area contributed by atoms with Crippen LogP contribution in [0.4, 0.5) is 15.8 Å². The zero-order valence-electron chi connectivity index (χ0n) is 10.8. The number of carbonyl (C=O) groups is 1. The number of anilines is 2. The molecule has 5 heteroatoms. The van der Waals surface area contributed by atoms with Gasteiger partial charge in [-0.1, -0.05) is 19.3 Å². The molecule has 3 N–H and O–H groups in total. The molecule has 1 aromatic rings. The summed E-state index contributed by atoms with van der Waals surface area (Å²) in [5, 5.41) is 3.25. The van der Waals surface area contributed by atoms with E-state index in [4.69, 9.17) is 5.73 Å². The lowest BCUT2D eigenvalue weighted by atomic mass is 10.0. The lowest BCUT2D eigenvalue weighted by molar-refractivity contribution is -0.113. The van der Waals surface area contributed by atoms with Gasteiger partial charge in [-0.25, -0.2) is 4.39 Å². The highest BCUT2D eigenvalue weighted by atomic mass is 32.2. The van der Waals surface area contributed by atoms with Crippen molar-refractivity contribution in [2.24, 2.45) is 0 Å². The predicted molar refractivity (Wildman–Crippen MR) is 78.8 cm³/mol. The van der Waals surface area contributed by atoms with E-state index in [1.54, 1.807) is 11.8 Å². The van der Waals surface area contributed by atoms with Crippen molar-refractivity contribution in [1.29, 1.82) is 0 Å². The molecular weight excluding hydrogens is 263 g/mol. The van der Waals surface area contributed by atoms with Crippen LogP contribution >= 0.6 is 11.8 Å². The van der Waals surface area contributed by atoms with E-state index in [1.165, 1.54) is 50.3 Å². The van der Waals surface area contributed by atoms with Gasteiger partial charge in [0.05, 0.1) is 17.1 Å². The Labute approximate surface area is 117 Å². The van der Waals surface area contributed by atoms with Gasteiger partial charge in [-0.15, -0.1) is 11.8 Å². The van der Waals surface area contributed by atoms with E-state index in [1.807, 2.05) is 0 Å². The van der Waals surface area contributed by atoms with Crippen molar-refractivity contribution >= 4 is 29.0 Å². The zero-order valence-corrected chi connectivity index (χ0v) is 11.6. The summed E-state index contributed by atoms with van der Waals surface area (Å²) in [6.45, 7) is 0. The summed E-state index contributed by atoms with van der Waals surface area (Å²) in [4.78, 5) is 11.8. The standard InChI is InChI=1S/C14H19FN2OS/c15-10-6-7-12(16)13(8-10)17-14(18)9-19-11-4-2-1-3-5-11/h6-8,11H,1-5,9,16H2,(H,17,18). The maximum absolute atomic E-state index is 13.1. The van der Waals surface area contributed by atoms with E-state index < -0.39 is 5.82 Å². The number of nitrogens with two attached hydrogens (primary N) is 1. The Morgan fingerprint density at radius 1 is 1.37 bits per heavy atom. The number of nitrogen functional groups attached to an aromatic ring is 1. The number of nitrogens with one attached hydrogen (secondary N) is 1. The average Bonchev–Trinajstić information content (AvgIpc) is 2.42. The predicted octanol–water partition coefficient (Wildman–Crippen LogP) is 3.41. The molecule has 0 atom stereocenters. The quantitative estimate of drug-likeness (QED) is 0.832. The van der Waals surface area contributed by atoms with Crippen LogP contribution in [-0.4, -0.2) is 16.9 Å². The zero-order chi connectivity index (χ0) is 13.7. The van der Waals surface area contributed by atoms with Crippen LogP contribution in [0.5, 0.6) is 0 Å². The molecule has 0 aromatic heterocycles. The Bertz CT molecular complexity index is 447. The first-order valence-corrected chi connectivity index (χ1v) is 7.66. The Hall–Kier alpha value is -1.23. The van der Waals surface area contributed by atoms with Gasteiger partial charge in [0, 0.05) is 5.25 Å². The molecule has 1 fully saturated rings. The molecule has 0 heterocycles. The third-order valence-corrected chi connectivity index (χ3v) is 4.66.